The number of β-amino-alcohol motifs (C(OH)–C–C–N with tert-alkyl or cyclic N) is 1. The number of ether oxygens (including phenoxy) is 1. The number of rotatable bonds is 7. The van der Waals surface area contributed by atoms with Crippen LogP contribution in [0.5, 0.6) is 0 Å². The van der Waals surface area contributed by atoms with Gasteiger partial charge in [0.15, 0.2) is 0 Å². The summed E-state index contributed by atoms with van der Waals surface area (Å²) in [6, 6.07) is 16.3. The topological polar surface area (TPSA) is 73.8 Å². The minimum absolute atomic E-state index is 0.163. The number of nitrogens with zero attached hydrogens (tertiary/aromatic N) is 1. The Kier molecular flexibility index (Phi) is 6.44. The van der Waals surface area contributed by atoms with Gasteiger partial charge in [-0.2, -0.15) is 0 Å². The fourth-order valence-electron chi connectivity index (χ4n) is 4.04. The number of amides is 1. The third-order valence-corrected chi connectivity index (χ3v) is 5.59. The van der Waals surface area contributed by atoms with Gasteiger partial charge in [0, 0.05) is 56.7 Å². The Balaban J connectivity index is 1.24. The molecule has 2 aromatic carbocycles. The molecule has 154 valence electrons. The van der Waals surface area contributed by atoms with Gasteiger partial charge >= 0.3 is 0 Å². The second-order valence-corrected chi connectivity index (χ2v) is 7.91. The van der Waals surface area contributed by atoms with Crippen molar-refractivity contribution in [1.82, 2.24) is 10.2 Å². The molecule has 1 saturated heterocycles. The lowest BCUT2D eigenvalue weighted by Crippen LogP contribution is -2.38. The van der Waals surface area contributed by atoms with E-state index >= 15 is 0 Å². The predicted octanol–water partition coefficient (Wildman–Crippen LogP) is 2.38. The molecule has 2 aromatic rings. The molecule has 3 N–H and O–H groups in total. The van der Waals surface area contributed by atoms with Gasteiger partial charge in [0.05, 0.1) is 6.10 Å². The smallest absolute Gasteiger partial charge is 0.251 e. The summed E-state index contributed by atoms with van der Waals surface area (Å²) in [5, 5.41) is 16.7. The molecule has 1 atom stereocenters. The van der Waals surface area contributed by atoms with Crippen LogP contribution in [-0.4, -0.2) is 54.4 Å². The SMILES string of the molecule is O=C(NC[C@H](O)CN1Cc2ccccc2C1)c1cccc(NC2CCOCC2)c1. The molecule has 2 heterocycles. The Hall–Kier alpha value is -2.41. The highest BCUT2D eigenvalue weighted by atomic mass is 16.5. The quantitative estimate of drug-likeness (QED) is 0.671. The number of carbonyl (C=O) groups is 1. The van der Waals surface area contributed by atoms with Gasteiger partial charge in [-0.05, 0) is 42.2 Å². The van der Waals surface area contributed by atoms with Crippen LogP contribution in [0.2, 0.25) is 0 Å². The third kappa shape index (κ3) is 5.35. The highest BCUT2D eigenvalue weighted by Crippen LogP contribution is 2.22. The van der Waals surface area contributed by atoms with Crippen LogP contribution in [0.1, 0.15) is 34.3 Å². The van der Waals surface area contributed by atoms with E-state index in [9.17, 15) is 9.90 Å². The van der Waals surface area contributed by atoms with E-state index < -0.39 is 6.10 Å². The number of aliphatic hydroxyl groups is 1. The normalized spacial score (nSPS) is 18.2. The molecule has 29 heavy (non-hydrogen) atoms. The third-order valence-electron chi connectivity index (χ3n) is 5.59. The first kappa shape index (κ1) is 19.9. The summed E-state index contributed by atoms with van der Waals surface area (Å²) in [6.45, 7) is 4.03. The molecule has 1 amide bonds. The number of benzene rings is 2. The van der Waals surface area contributed by atoms with Crippen LogP contribution in [0.15, 0.2) is 48.5 Å². The van der Waals surface area contributed by atoms with Crippen LogP contribution in [-0.2, 0) is 17.8 Å². The molecule has 6 nitrogen and oxygen atoms in total. The fourth-order valence-corrected chi connectivity index (χ4v) is 4.04. The number of hydrogen-bond donors (Lipinski definition) is 3. The van der Waals surface area contributed by atoms with Crippen molar-refractivity contribution in [3.63, 3.8) is 0 Å². The van der Waals surface area contributed by atoms with E-state index in [1.807, 2.05) is 30.3 Å². The van der Waals surface area contributed by atoms with Gasteiger partial charge in [0.25, 0.3) is 5.91 Å². The summed E-state index contributed by atoms with van der Waals surface area (Å²) >= 11 is 0. The van der Waals surface area contributed by atoms with Gasteiger partial charge in [-0.3, -0.25) is 9.69 Å². The lowest BCUT2D eigenvalue weighted by molar-refractivity contribution is 0.0855. The molecule has 0 saturated carbocycles. The summed E-state index contributed by atoms with van der Waals surface area (Å²) in [5.74, 6) is -0.163. The van der Waals surface area contributed by atoms with Crippen molar-refractivity contribution < 1.29 is 14.6 Å². The maximum atomic E-state index is 12.5. The molecule has 0 unspecified atom stereocenters. The molecule has 0 bridgehead atoms. The van der Waals surface area contributed by atoms with Gasteiger partial charge < -0.3 is 20.5 Å². The molecule has 2 aliphatic rings. The van der Waals surface area contributed by atoms with Gasteiger partial charge in [-0.15, -0.1) is 0 Å². The first-order valence-electron chi connectivity index (χ1n) is 10.4. The van der Waals surface area contributed by atoms with Gasteiger partial charge in [-0.25, -0.2) is 0 Å². The standard InChI is InChI=1S/C23H29N3O3/c27-22(16-26-14-18-4-1-2-5-19(18)15-26)13-24-23(28)17-6-3-7-21(12-17)25-20-8-10-29-11-9-20/h1-7,12,20,22,25,27H,8-11,13-16H2,(H,24,28)/t22-/m0/s1. The molecule has 0 aromatic heterocycles. The predicted molar refractivity (Wildman–Crippen MR) is 113 cm³/mol. The highest BCUT2D eigenvalue weighted by molar-refractivity contribution is 5.95. The van der Waals surface area contributed by atoms with Crippen molar-refractivity contribution in [1.29, 1.82) is 0 Å². The number of hydrogen-bond acceptors (Lipinski definition) is 5. The van der Waals surface area contributed by atoms with Crippen molar-refractivity contribution in [3.8, 4) is 0 Å². The Morgan fingerprint density at radius 1 is 1.10 bits per heavy atom. The number of carbonyl (C=O) groups excluding carboxylic acids is 1. The fraction of sp³-hybridized carbons (Fsp3) is 0.435. The summed E-state index contributed by atoms with van der Waals surface area (Å²) in [6.07, 6.45) is 1.35. The second-order valence-electron chi connectivity index (χ2n) is 7.91. The molecule has 0 spiro atoms. The average Bonchev–Trinajstić information content (AvgIpc) is 3.15. The van der Waals surface area contributed by atoms with Crippen molar-refractivity contribution in [2.24, 2.45) is 0 Å². The van der Waals surface area contributed by atoms with E-state index in [-0.39, 0.29) is 12.5 Å². The van der Waals surface area contributed by atoms with Gasteiger partial charge in [-0.1, -0.05) is 30.3 Å². The van der Waals surface area contributed by atoms with Crippen LogP contribution in [0.25, 0.3) is 0 Å². The zero-order valence-corrected chi connectivity index (χ0v) is 16.6. The number of nitrogens with one attached hydrogen (secondary N) is 2. The Labute approximate surface area is 171 Å². The van der Waals surface area contributed by atoms with E-state index in [2.05, 4.69) is 27.7 Å². The first-order chi connectivity index (χ1) is 14.2. The van der Waals surface area contributed by atoms with E-state index in [0.29, 0.717) is 18.2 Å². The molecular formula is C23H29N3O3. The van der Waals surface area contributed by atoms with E-state index in [1.165, 1.54) is 11.1 Å². The van der Waals surface area contributed by atoms with E-state index in [0.717, 1.165) is 44.8 Å². The molecule has 4 rings (SSSR count). The summed E-state index contributed by atoms with van der Waals surface area (Å²) < 4.78 is 5.39. The molecule has 2 aliphatic heterocycles. The number of aliphatic hydroxyl groups excluding tert-OH is 1. The number of anilines is 1. The lowest BCUT2D eigenvalue weighted by Gasteiger charge is -2.24. The van der Waals surface area contributed by atoms with Crippen LogP contribution in [0, 0.1) is 0 Å². The molecule has 1 fully saturated rings. The Morgan fingerprint density at radius 2 is 1.83 bits per heavy atom. The van der Waals surface area contributed by atoms with Crippen LogP contribution in [0.4, 0.5) is 5.69 Å². The summed E-state index contributed by atoms with van der Waals surface area (Å²) in [7, 11) is 0. The monoisotopic (exact) mass is 395 g/mol. The zero-order chi connectivity index (χ0) is 20.1. The maximum absolute atomic E-state index is 12.5. The van der Waals surface area contributed by atoms with Crippen molar-refractivity contribution in [2.45, 2.75) is 38.1 Å². The molecule has 0 radical (unpaired) electrons. The Bertz CT molecular complexity index is 811. The molecule has 6 heteroatoms. The highest BCUT2D eigenvalue weighted by Gasteiger charge is 2.21. The van der Waals surface area contributed by atoms with Crippen LogP contribution >= 0.6 is 0 Å². The van der Waals surface area contributed by atoms with Crippen LogP contribution < -0.4 is 10.6 Å². The largest absolute Gasteiger partial charge is 0.390 e. The van der Waals surface area contributed by atoms with Crippen molar-refractivity contribution in [3.05, 3.63) is 65.2 Å². The summed E-state index contributed by atoms with van der Waals surface area (Å²) in [5.41, 5.74) is 4.18. The van der Waals surface area contributed by atoms with Gasteiger partial charge in [0.2, 0.25) is 0 Å². The Morgan fingerprint density at radius 3 is 2.55 bits per heavy atom. The minimum Gasteiger partial charge on any atom is -0.390 e. The van der Waals surface area contributed by atoms with Crippen molar-refractivity contribution >= 4 is 11.6 Å². The second kappa shape index (κ2) is 9.39. The molecule has 0 aliphatic carbocycles. The summed E-state index contributed by atoms with van der Waals surface area (Å²) in [4.78, 5) is 14.7. The maximum Gasteiger partial charge on any atom is 0.251 e. The van der Waals surface area contributed by atoms with E-state index in [4.69, 9.17) is 4.74 Å². The lowest BCUT2D eigenvalue weighted by atomic mass is 10.1. The van der Waals surface area contributed by atoms with Gasteiger partial charge in [0.1, 0.15) is 0 Å². The van der Waals surface area contributed by atoms with E-state index in [1.54, 1.807) is 6.07 Å². The zero-order valence-electron chi connectivity index (χ0n) is 16.6. The minimum atomic E-state index is -0.600. The first-order valence-corrected chi connectivity index (χ1v) is 10.4. The van der Waals surface area contributed by atoms with Crippen molar-refractivity contribution in [2.75, 3.05) is 31.6 Å². The average molecular weight is 396 g/mol. The number of fused-ring (bicyclic) bond motifs is 1. The molecular weight excluding hydrogens is 366 g/mol. The van der Waals surface area contributed by atoms with Crippen LogP contribution in [0.3, 0.4) is 0 Å².